The Morgan fingerprint density at radius 1 is 1.26 bits per heavy atom. The standard InChI is InChI=1S/C16H18N2O8S/c1-10(19)17-6-7-27-13(8-14(20)21)15(22)16(23)26-9-11-2-4-12(5-3-11)18(24)25/h2-5,13H,6-9H2,1H3,(H,17,19)(H,20,21). The Hall–Kier alpha value is -2.95. The lowest BCUT2D eigenvalue weighted by Crippen LogP contribution is -2.31. The van der Waals surface area contributed by atoms with Gasteiger partial charge in [0.1, 0.15) is 6.61 Å². The first-order chi connectivity index (χ1) is 12.7. The number of carbonyl (C=O) groups excluding carboxylic acids is 3. The number of nitrogens with zero attached hydrogens (tertiary/aromatic N) is 1. The van der Waals surface area contributed by atoms with Gasteiger partial charge in [-0.3, -0.25) is 24.5 Å². The predicted molar refractivity (Wildman–Crippen MR) is 95.1 cm³/mol. The molecule has 1 rings (SSSR count). The topological polar surface area (TPSA) is 153 Å². The summed E-state index contributed by atoms with van der Waals surface area (Å²) in [7, 11) is 0. The van der Waals surface area contributed by atoms with Crippen LogP contribution in [0.1, 0.15) is 18.9 Å². The van der Waals surface area contributed by atoms with Crippen LogP contribution in [0, 0.1) is 10.1 Å². The zero-order valence-electron chi connectivity index (χ0n) is 14.4. The quantitative estimate of drug-likeness (QED) is 0.182. The van der Waals surface area contributed by atoms with Crippen molar-refractivity contribution in [2.75, 3.05) is 12.3 Å². The van der Waals surface area contributed by atoms with Crippen molar-refractivity contribution in [2.24, 2.45) is 0 Å². The molecule has 1 aromatic rings. The number of esters is 1. The number of hydrogen-bond donors (Lipinski definition) is 2. The van der Waals surface area contributed by atoms with E-state index in [-0.39, 0.29) is 30.5 Å². The molecule has 0 saturated heterocycles. The number of amides is 1. The summed E-state index contributed by atoms with van der Waals surface area (Å²) in [5.74, 6) is -3.44. The summed E-state index contributed by atoms with van der Waals surface area (Å²) in [5, 5.41) is 20.8. The molecule has 0 aromatic heterocycles. The van der Waals surface area contributed by atoms with Crippen LogP contribution in [0.5, 0.6) is 0 Å². The number of carboxylic acids is 1. The molecule has 1 aromatic carbocycles. The third kappa shape index (κ3) is 8.31. The maximum Gasteiger partial charge on any atom is 0.376 e. The van der Waals surface area contributed by atoms with Crippen LogP contribution in [0.15, 0.2) is 24.3 Å². The highest BCUT2D eigenvalue weighted by Crippen LogP contribution is 2.17. The molecule has 1 amide bonds. The van der Waals surface area contributed by atoms with E-state index in [0.717, 1.165) is 11.8 Å². The molecule has 0 bridgehead atoms. The van der Waals surface area contributed by atoms with Gasteiger partial charge in [0.15, 0.2) is 0 Å². The number of benzene rings is 1. The number of hydrogen-bond acceptors (Lipinski definition) is 8. The first-order valence-corrected chi connectivity index (χ1v) is 8.77. The van der Waals surface area contributed by atoms with Crippen molar-refractivity contribution in [3.8, 4) is 0 Å². The predicted octanol–water partition coefficient (Wildman–Crippen LogP) is 0.920. The van der Waals surface area contributed by atoms with Crippen molar-refractivity contribution in [2.45, 2.75) is 25.2 Å². The number of carboxylic acid groups (broad SMARTS) is 1. The maximum atomic E-state index is 12.1. The van der Waals surface area contributed by atoms with E-state index < -0.39 is 34.3 Å². The van der Waals surface area contributed by atoms with E-state index >= 15 is 0 Å². The summed E-state index contributed by atoms with van der Waals surface area (Å²) in [5.41, 5.74) is 0.313. The van der Waals surface area contributed by atoms with Crippen molar-refractivity contribution in [3.05, 3.63) is 39.9 Å². The summed E-state index contributed by atoms with van der Waals surface area (Å²) in [6, 6.07) is 5.23. The smallest absolute Gasteiger partial charge is 0.376 e. The monoisotopic (exact) mass is 398 g/mol. The average Bonchev–Trinajstić information content (AvgIpc) is 2.61. The first-order valence-electron chi connectivity index (χ1n) is 7.72. The van der Waals surface area contributed by atoms with Gasteiger partial charge in [-0.2, -0.15) is 0 Å². The summed E-state index contributed by atoms with van der Waals surface area (Å²) in [6.07, 6.45) is -0.559. The van der Waals surface area contributed by atoms with Gasteiger partial charge in [-0.15, -0.1) is 11.8 Å². The Balaban J connectivity index is 2.59. The normalized spacial score (nSPS) is 11.3. The molecule has 0 aliphatic heterocycles. The number of nitrogens with one attached hydrogen (secondary N) is 1. The van der Waals surface area contributed by atoms with Crippen molar-refractivity contribution in [1.82, 2.24) is 5.32 Å². The molecule has 10 nitrogen and oxygen atoms in total. The van der Waals surface area contributed by atoms with Crippen LogP contribution in [0.4, 0.5) is 5.69 Å². The van der Waals surface area contributed by atoms with E-state index in [1.165, 1.54) is 31.2 Å². The van der Waals surface area contributed by atoms with Crippen LogP contribution in [0.2, 0.25) is 0 Å². The van der Waals surface area contributed by atoms with Crippen molar-refractivity contribution >= 4 is 41.1 Å². The van der Waals surface area contributed by atoms with Crippen LogP contribution < -0.4 is 5.32 Å². The SMILES string of the molecule is CC(=O)NCCSC(CC(=O)O)C(=O)C(=O)OCc1ccc([N+](=O)[O-])cc1. The molecule has 0 fully saturated rings. The third-order valence-electron chi connectivity index (χ3n) is 3.17. The molecule has 0 radical (unpaired) electrons. The fourth-order valence-electron chi connectivity index (χ4n) is 1.88. The largest absolute Gasteiger partial charge is 0.481 e. The van der Waals surface area contributed by atoms with E-state index in [1.54, 1.807) is 0 Å². The number of ketones is 1. The van der Waals surface area contributed by atoms with Gasteiger partial charge < -0.3 is 15.2 Å². The minimum Gasteiger partial charge on any atom is -0.481 e. The highest BCUT2D eigenvalue weighted by Gasteiger charge is 2.29. The molecule has 2 N–H and O–H groups in total. The fraction of sp³-hybridized carbons (Fsp3) is 0.375. The van der Waals surface area contributed by atoms with Gasteiger partial charge in [-0.1, -0.05) is 0 Å². The number of carbonyl (C=O) groups is 4. The van der Waals surface area contributed by atoms with Crippen LogP contribution >= 0.6 is 11.8 Å². The second kappa shape index (κ2) is 10.9. The highest BCUT2D eigenvalue weighted by molar-refractivity contribution is 8.00. The summed E-state index contributed by atoms with van der Waals surface area (Å²) >= 11 is 0.934. The highest BCUT2D eigenvalue weighted by atomic mass is 32.2. The Labute approximate surface area is 158 Å². The lowest BCUT2D eigenvalue weighted by molar-refractivity contribution is -0.384. The molecule has 146 valence electrons. The van der Waals surface area contributed by atoms with E-state index in [4.69, 9.17) is 9.84 Å². The second-order valence-electron chi connectivity index (χ2n) is 5.30. The molecule has 1 atom stereocenters. The number of rotatable bonds is 11. The van der Waals surface area contributed by atoms with E-state index in [1.807, 2.05) is 0 Å². The van der Waals surface area contributed by atoms with Crippen LogP contribution in [-0.2, 0) is 30.5 Å². The number of thioether (sulfide) groups is 1. The number of Topliss-reactive ketones (excluding diaryl/α,β-unsaturated/α-hetero) is 1. The summed E-state index contributed by atoms with van der Waals surface area (Å²) in [4.78, 5) is 55.7. The lowest BCUT2D eigenvalue weighted by Gasteiger charge is -2.13. The Morgan fingerprint density at radius 3 is 2.41 bits per heavy atom. The summed E-state index contributed by atoms with van der Waals surface area (Å²) in [6.45, 7) is 1.26. The molecule has 1 unspecified atom stereocenters. The molecule has 0 saturated carbocycles. The zero-order chi connectivity index (χ0) is 20.4. The zero-order valence-corrected chi connectivity index (χ0v) is 15.2. The molecular formula is C16H18N2O8S. The van der Waals surface area contributed by atoms with Crippen LogP contribution in [0.25, 0.3) is 0 Å². The van der Waals surface area contributed by atoms with Gasteiger partial charge in [-0.25, -0.2) is 4.79 Å². The van der Waals surface area contributed by atoms with E-state index in [2.05, 4.69) is 5.32 Å². The Bertz CT molecular complexity index is 720. The van der Waals surface area contributed by atoms with Crippen molar-refractivity contribution in [3.63, 3.8) is 0 Å². The van der Waals surface area contributed by atoms with Gasteiger partial charge in [0.2, 0.25) is 5.91 Å². The van der Waals surface area contributed by atoms with Crippen molar-refractivity contribution < 1.29 is 33.9 Å². The Morgan fingerprint density at radius 2 is 1.89 bits per heavy atom. The van der Waals surface area contributed by atoms with Crippen molar-refractivity contribution in [1.29, 1.82) is 0 Å². The lowest BCUT2D eigenvalue weighted by atomic mass is 10.2. The number of nitro groups is 1. The minimum absolute atomic E-state index is 0.127. The molecule has 27 heavy (non-hydrogen) atoms. The molecule has 0 spiro atoms. The minimum atomic E-state index is -1.25. The van der Waals surface area contributed by atoms with Crippen LogP contribution in [0.3, 0.4) is 0 Å². The fourth-order valence-corrected chi connectivity index (χ4v) is 2.89. The first kappa shape index (κ1) is 22.1. The molecular weight excluding hydrogens is 380 g/mol. The number of non-ortho nitro benzene ring substituents is 1. The third-order valence-corrected chi connectivity index (χ3v) is 4.39. The molecule has 11 heteroatoms. The molecule has 0 heterocycles. The molecule has 0 aliphatic rings. The van der Waals surface area contributed by atoms with Gasteiger partial charge >= 0.3 is 11.9 Å². The van der Waals surface area contributed by atoms with Gasteiger partial charge in [0, 0.05) is 31.4 Å². The number of nitro benzene ring substituents is 1. The van der Waals surface area contributed by atoms with E-state index in [0.29, 0.717) is 5.56 Å². The number of ether oxygens (including phenoxy) is 1. The van der Waals surface area contributed by atoms with Gasteiger partial charge in [0.25, 0.3) is 11.5 Å². The van der Waals surface area contributed by atoms with E-state index in [9.17, 15) is 29.3 Å². The Kier molecular flexibility index (Phi) is 8.93. The summed E-state index contributed by atoms with van der Waals surface area (Å²) < 4.78 is 4.86. The molecule has 0 aliphatic carbocycles. The second-order valence-corrected chi connectivity index (χ2v) is 6.61. The van der Waals surface area contributed by atoms with Gasteiger partial charge in [-0.05, 0) is 17.7 Å². The average molecular weight is 398 g/mol. The van der Waals surface area contributed by atoms with Gasteiger partial charge in [0.05, 0.1) is 16.6 Å². The number of aliphatic carboxylic acids is 1. The van der Waals surface area contributed by atoms with Crippen LogP contribution in [-0.4, -0.2) is 51.2 Å². The maximum absolute atomic E-state index is 12.1.